The second kappa shape index (κ2) is 15.7. The van der Waals surface area contributed by atoms with Crippen LogP contribution >= 0.6 is 11.3 Å². The van der Waals surface area contributed by atoms with Gasteiger partial charge in [0.25, 0.3) is 5.91 Å². The number of amides is 1. The number of carbonyl (C=O) groups excluding carboxylic acids is 1. The lowest BCUT2D eigenvalue weighted by atomic mass is 10.2. The number of hydrogen-bond acceptors (Lipinski definition) is 10. The normalized spacial score (nSPS) is 14.5. The summed E-state index contributed by atoms with van der Waals surface area (Å²) in [5.74, 6) is 0.438. The molecule has 1 fully saturated rings. The smallest absolute Gasteiger partial charge is 0.260 e. The van der Waals surface area contributed by atoms with Crippen molar-refractivity contribution in [2.24, 2.45) is 0 Å². The number of morpholine rings is 1. The minimum atomic E-state index is -3.81. The van der Waals surface area contributed by atoms with E-state index in [9.17, 15) is 13.2 Å². The van der Waals surface area contributed by atoms with Crippen molar-refractivity contribution in [2.75, 3.05) is 91.4 Å². The number of fused-ring (bicyclic) bond motifs is 1. The highest BCUT2D eigenvalue weighted by molar-refractivity contribution is 7.89. The van der Waals surface area contributed by atoms with E-state index in [4.69, 9.17) is 23.9 Å². The number of rotatable bonds is 16. The summed E-state index contributed by atoms with van der Waals surface area (Å²) in [6.07, 6.45) is 0.750. The molecule has 0 N–H and O–H groups in total. The van der Waals surface area contributed by atoms with Crippen molar-refractivity contribution in [3.05, 3.63) is 48.0 Å². The molecule has 11 nitrogen and oxygen atoms in total. The van der Waals surface area contributed by atoms with Crippen LogP contribution in [0.4, 0.5) is 5.13 Å². The van der Waals surface area contributed by atoms with Crippen LogP contribution in [0.1, 0.15) is 23.7 Å². The van der Waals surface area contributed by atoms with Crippen LogP contribution in [0.25, 0.3) is 10.2 Å². The number of sulfonamides is 1. The Morgan fingerprint density at radius 1 is 1.02 bits per heavy atom. The molecule has 0 atom stereocenters. The Morgan fingerprint density at radius 3 is 2.36 bits per heavy atom. The highest BCUT2D eigenvalue weighted by Crippen LogP contribution is 2.35. The zero-order chi connectivity index (χ0) is 30.0. The largest absolute Gasteiger partial charge is 0.492 e. The molecule has 1 aliphatic heterocycles. The van der Waals surface area contributed by atoms with Crippen LogP contribution < -0.4 is 9.64 Å². The third kappa shape index (κ3) is 8.04. The van der Waals surface area contributed by atoms with Gasteiger partial charge in [-0.05, 0) is 49.7 Å². The molecule has 0 bridgehead atoms. The number of methoxy groups -OCH3 is 2. The molecule has 1 aromatic heterocycles. The molecule has 1 amide bonds. The van der Waals surface area contributed by atoms with Crippen molar-refractivity contribution in [1.82, 2.24) is 14.2 Å². The van der Waals surface area contributed by atoms with Crippen molar-refractivity contribution >= 4 is 42.6 Å². The third-order valence-corrected chi connectivity index (χ3v) is 9.89. The van der Waals surface area contributed by atoms with Gasteiger partial charge in [-0.15, -0.1) is 0 Å². The highest BCUT2D eigenvalue weighted by atomic mass is 32.2. The molecule has 0 unspecified atom stereocenters. The van der Waals surface area contributed by atoms with Crippen LogP contribution in [-0.4, -0.2) is 115 Å². The first-order valence-electron chi connectivity index (χ1n) is 14.1. The van der Waals surface area contributed by atoms with E-state index in [1.54, 1.807) is 17.0 Å². The first-order valence-corrected chi connectivity index (χ1v) is 16.4. The number of anilines is 1. The second-order valence-corrected chi connectivity index (χ2v) is 12.7. The van der Waals surface area contributed by atoms with Crippen LogP contribution in [-0.2, 0) is 24.2 Å². The molecule has 2 aromatic carbocycles. The molecule has 1 aliphatic rings. The maximum Gasteiger partial charge on any atom is 0.260 e. The molecule has 13 heteroatoms. The van der Waals surface area contributed by atoms with Crippen molar-refractivity contribution < 1.29 is 32.2 Å². The summed E-state index contributed by atoms with van der Waals surface area (Å²) >= 11 is 1.44. The number of thiazole rings is 1. The SMILES string of the molecule is CCOc1cccc2sc(N(CCCN3CCOCC3)C(=O)c3ccc(S(=O)(=O)N(CCOC)CCOC)cc3)nc12. The minimum absolute atomic E-state index is 0.103. The number of hydrogen-bond donors (Lipinski definition) is 0. The molecule has 230 valence electrons. The predicted molar refractivity (Wildman–Crippen MR) is 163 cm³/mol. The van der Waals surface area contributed by atoms with E-state index in [0.29, 0.717) is 42.8 Å². The maximum atomic E-state index is 13.9. The third-order valence-electron chi connectivity index (χ3n) is 6.94. The second-order valence-electron chi connectivity index (χ2n) is 9.71. The zero-order valence-corrected chi connectivity index (χ0v) is 26.1. The molecule has 42 heavy (non-hydrogen) atoms. The average Bonchev–Trinajstić information content (AvgIpc) is 3.45. The lowest BCUT2D eigenvalue weighted by Crippen LogP contribution is -2.39. The van der Waals surface area contributed by atoms with Crippen LogP contribution in [0, 0.1) is 0 Å². The van der Waals surface area contributed by atoms with Gasteiger partial charge < -0.3 is 18.9 Å². The van der Waals surface area contributed by atoms with E-state index in [-0.39, 0.29) is 37.1 Å². The average molecular weight is 621 g/mol. The minimum Gasteiger partial charge on any atom is -0.492 e. The Morgan fingerprint density at radius 2 is 1.71 bits per heavy atom. The Hall–Kier alpha value is -2.65. The summed E-state index contributed by atoms with van der Waals surface area (Å²) in [4.78, 5) is 22.9. The van der Waals surface area contributed by atoms with Crippen molar-refractivity contribution in [1.29, 1.82) is 0 Å². The molecule has 0 aliphatic carbocycles. The molecule has 0 radical (unpaired) electrons. The first-order chi connectivity index (χ1) is 20.4. The van der Waals surface area contributed by atoms with Gasteiger partial charge in [-0.25, -0.2) is 13.4 Å². The molecular formula is C29H40N4O7S2. The summed E-state index contributed by atoms with van der Waals surface area (Å²) in [6, 6.07) is 11.8. The lowest BCUT2D eigenvalue weighted by molar-refractivity contribution is 0.0376. The maximum absolute atomic E-state index is 13.9. The first kappa shape index (κ1) is 32.3. The van der Waals surface area contributed by atoms with Gasteiger partial charge in [0.1, 0.15) is 11.3 Å². The molecule has 1 saturated heterocycles. The Balaban J connectivity index is 1.59. The number of nitrogens with zero attached hydrogens (tertiary/aromatic N) is 4. The van der Waals surface area contributed by atoms with Crippen molar-refractivity contribution in [3.63, 3.8) is 0 Å². The fourth-order valence-electron chi connectivity index (χ4n) is 4.67. The van der Waals surface area contributed by atoms with Gasteiger partial charge in [0.05, 0.1) is 42.6 Å². The van der Waals surface area contributed by atoms with Crippen molar-refractivity contribution in [3.8, 4) is 5.75 Å². The molecule has 0 saturated carbocycles. The molecule has 2 heterocycles. The van der Waals surface area contributed by atoms with Gasteiger partial charge >= 0.3 is 0 Å². The Kier molecular flexibility index (Phi) is 12.1. The monoisotopic (exact) mass is 620 g/mol. The Labute approximate surface area is 252 Å². The number of aromatic nitrogens is 1. The molecular weight excluding hydrogens is 580 g/mol. The number of carbonyl (C=O) groups is 1. The van der Waals surface area contributed by atoms with Gasteiger partial charge in [-0.3, -0.25) is 14.6 Å². The number of para-hydroxylation sites is 1. The topological polar surface area (TPSA) is 111 Å². The summed E-state index contributed by atoms with van der Waals surface area (Å²) in [6.45, 7) is 7.79. The molecule has 3 aromatic rings. The lowest BCUT2D eigenvalue weighted by Gasteiger charge is -2.27. The van der Waals surface area contributed by atoms with Crippen LogP contribution in [0.3, 0.4) is 0 Å². The van der Waals surface area contributed by atoms with E-state index in [2.05, 4.69) is 4.90 Å². The highest BCUT2D eigenvalue weighted by Gasteiger charge is 2.26. The van der Waals surface area contributed by atoms with Crippen LogP contribution in [0.5, 0.6) is 5.75 Å². The summed E-state index contributed by atoms with van der Waals surface area (Å²) in [7, 11) is -0.756. The zero-order valence-electron chi connectivity index (χ0n) is 24.5. The summed E-state index contributed by atoms with van der Waals surface area (Å²) in [5, 5.41) is 0.575. The number of ether oxygens (including phenoxy) is 4. The fourth-order valence-corrected chi connectivity index (χ4v) is 7.09. The summed E-state index contributed by atoms with van der Waals surface area (Å²) in [5.41, 5.74) is 1.10. The van der Waals surface area contributed by atoms with Gasteiger partial charge in [-0.1, -0.05) is 17.4 Å². The van der Waals surface area contributed by atoms with Crippen LogP contribution in [0.15, 0.2) is 47.4 Å². The van der Waals surface area contributed by atoms with Gasteiger partial charge in [-0.2, -0.15) is 4.31 Å². The van der Waals surface area contributed by atoms with E-state index in [1.807, 2.05) is 25.1 Å². The van der Waals surface area contributed by atoms with Gasteiger partial charge in [0.2, 0.25) is 10.0 Å². The van der Waals surface area contributed by atoms with Crippen LogP contribution in [0.2, 0.25) is 0 Å². The molecule has 4 rings (SSSR count). The van der Waals surface area contributed by atoms with Crippen molar-refractivity contribution in [2.45, 2.75) is 18.2 Å². The van der Waals surface area contributed by atoms with E-state index in [0.717, 1.165) is 36.3 Å². The fraction of sp³-hybridized carbons (Fsp3) is 0.517. The van der Waals surface area contributed by atoms with E-state index >= 15 is 0 Å². The predicted octanol–water partition coefficient (Wildman–Crippen LogP) is 3.35. The Bertz CT molecular complexity index is 1380. The number of benzene rings is 2. The van der Waals surface area contributed by atoms with E-state index in [1.165, 1.54) is 42.0 Å². The quantitative estimate of drug-likeness (QED) is 0.238. The molecule has 0 spiro atoms. The standard InChI is InChI=1S/C29H40N4O7S2/c1-4-40-25-7-5-8-26-27(25)30-29(41-26)33(14-6-13-31-15-21-39-22-16-31)28(34)23-9-11-24(12-10-23)42(35,36)32(17-19-37-2)18-20-38-3/h5,7-12H,4,6,13-22H2,1-3H3. The van der Waals surface area contributed by atoms with Gasteiger partial charge in [0, 0.05) is 59.1 Å². The summed E-state index contributed by atoms with van der Waals surface area (Å²) < 4.78 is 50.4. The van der Waals surface area contributed by atoms with E-state index < -0.39 is 10.0 Å². The van der Waals surface area contributed by atoms with Gasteiger partial charge in [0.15, 0.2) is 5.13 Å².